The maximum atomic E-state index is 11.7. The van der Waals surface area contributed by atoms with Crippen LogP contribution < -0.4 is 15.4 Å². The monoisotopic (exact) mass is 276 g/mol. The lowest BCUT2D eigenvalue weighted by Gasteiger charge is -2.08. The van der Waals surface area contributed by atoms with Crippen LogP contribution in [0.1, 0.15) is 13.8 Å². The van der Waals surface area contributed by atoms with Crippen LogP contribution in [0.15, 0.2) is 24.4 Å². The molecular weight excluding hydrogens is 260 g/mol. The molecule has 2 heterocycles. The first-order valence-electron chi connectivity index (χ1n) is 6.11. The zero-order valence-corrected chi connectivity index (χ0v) is 11.5. The average molecular weight is 276 g/mol. The van der Waals surface area contributed by atoms with E-state index in [1.165, 1.54) is 0 Å². The molecule has 2 N–H and O–H groups in total. The average Bonchev–Trinajstić information content (AvgIpc) is 2.76. The Balaban J connectivity index is 1.91. The summed E-state index contributed by atoms with van der Waals surface area (Å²) in [5, 5.41) is 16.9. The van der Waals surface area contributed by atoms with Gasteiger partial charge in [-0.25, -0.2) is 4.79 Å². The van der Waals surface area contributed by atoms with Gasteiger partial charge >= 0.3 is 6.03 Å². The second-order valence-corrected chi connectivity index (χ2v) is 4.38. The highest BCUT2D eigenvalue weighted by Crippen LogP contribution is 2.10. The van der Waals surface area contributed by atoms with E-state index in [9.17, 15) is 4.79 Å². The second kappa shape index (κ2) is 6.00. The third-order valence-corrected chi connectivity index (χ3v) is 2.19. The van der Waals surface area contributed by atoms with Gasteiger partial charge in [-0.1, -0.05) is 0 Å². The summed E-state index contributed by atoms with van der Waals surface area (Å²) in [4.78, 5) is 11.7. The number of urea groups is 1. The van der Waals surface area contributed by atoms with Crippen molar-refractivity contribution in [1.82, 2.24) is 20.0 Å². The van der Waals surface area contributed by atoms with E-state index in [0.29, 0.717) is 17.5 Å². The summed E-state index contributed by atoms with van der Waals surface area (Å²) < 4.78 is 6.95. The summed E-state index contributed by atoms with van der Waals surface area (Å²) >= 11 is 0. The molecule has 0 fully saturated rings. The van der Waals surface area contributed by atoms with Gasteiger partial charge in [0, 0.05) is 25.4 Å². The number of carbonyl (C=O) groups excluding carboxylic acids is 1. The van der Waals surface area contributed by atoms with Gasteiger partial charge < -0.3 is 4.74 Å². The Bertz CT molecular complexity index is 578. The number of amides is 2. The van der Waals surface area contributed by atoms with Crippen LogP contribution in [0, 0.1) is 0 Å². The third-order valence-electron chi connectivity index (χ3n) is 2.19. The number of rotatable bonds is 4. The van der Waals surface area contributed by atoms with E-state index in [2.05, 4.69) is 25.9 Å². The van der Waals surface area contributed by atoms with Crippen LogP contribution in [-0.4, -0.2) is 32.1 Å². The molecule has 2 aromatic rings. The number of ether oxygens (including phenoxy) is 1. The van der Waals surface area contributed by atoms with Crippen LogP contribution in [0.5, 0.6) is 5.88 Å². The van der Waals surface area contributed by atoms with Crippen molar-refractivity contribution in [3.05, 3.63) is 24.4 Å². The van der Waals surface area contributed by atoms with Crippen LogP contribution >= 0.6 is 0 Å². The maximum absolute atomic E-state index is 11.7. The van der Waals surface area contributed by atoms with Gasteiger partial charge in [0.2, 0.25) is 5.88 Å². The first-order chi connectivity index (χ1) is 9.52. The first kappa shape index (κ1) is 13.8. The lowest BCUT2D eigenvalue weighted by atomic mass is 10.4. The summed E-state index contributed by atoms with van der Waals surface area (Å²) in [7, 11) is 1.77. The SMILES string of the molecule is CC(C)Oc1ccc(NC(=O)Nc2ccn(C)n2)nn1. The number of nitrogens with one attached hydrogen (secondary N) is 2. The summed E-state index contributed by atoms with van der Waals surface area (Å²) in [5.74, 6) is 1.20. The standard InChI is InChI=1S/C12H16N6O2/c1-8(2)20-11-5-4-9(15-16-11)13-12(19)14-10-6-7-18(3)17-10/h4-8H,1-3H3,(H2,13,14,15,17,19). The third kappa shape index (κ3) is 3.94. The molecule has 2 aromatic heterocycles. The molecule has 0 saturated heterocycles. The largest absolute Gasteiger partial charge is 0.474 e. The molecule has 0 atom stereocenters. The Morgan fingerprint density at radius 2 is 1.95 bits per heavy atom. The molecular formula is C12H16N6O2. The fraction of sp³-hybridized carbons (Fsp3) is 0.333. The molecule has 0 spiro atoms. The van der Waals surface area contributed by atoms with E-state index >= 15 is 0 Å². The van der Waals surface area contributed by atoms with Gasteiger partial charge in [-0.3, -0.25) is 15.3 Å². The lowest BCUT2D eigenvalue weighted by molar-refractivity contribution is 0.230. The zero-order chi connectivity index (χ0) is 14.5. The van der Waals surface area contributed by atoms with Crippen LogP contribution in [0.2, 0.25) is 0 Å². The van der Waals surface area contributed by atoms with E-state index in [-0.39, 0.29) is 6.10 Å². The predicted molar refractivity (Wildman–Crippen MR) is 73.6 cm³/mol. The van der Waals surface area contributed by atoms with Gasteiger partial charge in [0.15, 0.2) is 11.6 Å². The Morgan fingerprint density at radius 3 is 2.50 bits per heavy atom. The lowest BCUT2D eigenvalue weighted by Crippen LogP contribution is -2.20. The quantitative estimate of drug-likeness (QED) is 0.885. The summed E-state index contributed by atoms with van der Waals surface area (Å²) in [6, 6.07) is 4.51. The molecule has 0 aliphatic carbocycles. The van der Waals surface area contributed by atoms with Gasteiger partial charge in [-0.2, -0.15) is 5.10 Å². The second-order valence-electron chi connectivity index (χ2n) is 4.38. The zero-order valence-electron chi connectivity index (χ0n) is 11.5. The number of aryl methyl sites for hydroxylation is 1. The molecule has 0 bridgehead atoms. The Kier molecular flexibility index (Phi) is 4.14. The van der Waals surface area contributed by atoms with Crippen LogP contribution in [0.3, 0.4) is 0 Å². The van der Waals surface area contributed by atoms with Crippen LogP contribution in [0.4, 0.5) is 16.4 Å². The Hall–Kier alpha value is -2.64. The Labute approximate surface area is 116 Å². The molecule has 2 rings (SSSR count). The number of hydrogen-bond acceptors (Lipinski definition) is 5. The highest BCUT2D eigenvalue weighted by atomic mass is 16.5. The van der Waals surface area contributed by atoms with Gasteiger partial charge in [0.05, 0.1) is 6.10 Å². The van der Waals surface area contributed by atoms with E-state index in [4.69, 9.17) is 4.74 Å². The van der Waals surface area contributed by atoms with Crippen molar-refractivity contribution in [2.45, 2.75) is 20.0 Å². The van der Waals surface area contributed by atoms with Crippen molar-refractivity contribution >= 4 is 17.7 Å². The molecule has 0 aliphatic rings. The fourth-order valence-electron chi connectivity index (χ4n) is 1.44. The van der Waals surface area contributed by atoms with Crippen molar-refractivity contribution in [2.24, 2.45) is 7.05 Å². The molecule has 2 amide bonds. The van der Waals surface area contributed by atoms with E-state index in [0.717, 1.165) is 0 Å². The molecule has 8 nitrogen and oxygen atoms in total. The first-order valence-corrected chi connectivity index (χ1v) is 6.11. The number of nitrogens with zero attached hydrogens (tertiary/aromatic N) is 4. The van der Waals surface area contributed by atoms with Crippen molar-refractivity contribution < 1.29 is 9.53 Å². The molecule has 106 valence electrons. The highest BCUT2D eigenvalue weighted by Gasteiger charge is 2.06. The van der Waals surface area contributed by atoms with E-state index in [1.54, 1.807) is 36.1 Å². The van der Waals surface area contributed by atoms with Gasteiger partial charge in [-0.05, 0) is 19.9 Å². The molecule has 0 unspecified atom stereocenters. The molecule has 0 radical (unpaired) electrons. The minimum absolute atomic E-state index is 0.0237. The predicted octanol–water partition coefficient (Wildman–Crippen LogP) is 1.64. The van der Waals surface area contributed by atoms with Crippen LogP contribution in [0.25, 0.3) is 0 Å². The summed E-state index contributed by atoms with van der Waals surface area (Å²) in [5.41, 5.74) is 0. The Morgan fingerprint density at radius 1 is 1.20 bits per heavy atom. The highest BCUT2D eigenvalue weighted by molar-refractivity contribution is 5.98. The number of hydrogen-bond donors (Lipinski definition) is 2. The molecule has 20 heavy (non-hydrogen) atoms. The van der Waals surface area contributed by atoms with Crippen LogP contribution in [-0.2, 0) is 7.05 Å². The normalized spacial score (nSPS) is 10.4. The van der Waals surface area contributed by atoms with E-state index in [1.807, 2.05) is 13.8 Å². The summed E-state index contributed by atoms with van der Waals surface area (Å²) in [6.07, 6.45) is 1.75. The topological polar surface area (TPSA) is 94.0 Å². The van der Waals surface area contributed by atoms with E-state index < -0.39 is 6.03 Å². The summed E-state index contributed by atoms with van der Waals surface area (Å²) in [6.45, 7) is 3.79. The van der Waals surface area contributed by atoms with Crippen molar-refractivity contribution in [1.29, 1.82) is 0 Å². The molecule has 8 heteroatoms. The molecule has 0 saturated carbocycles. The number of aromatic nitrogens is 4. The van der Waals surface area contributed by atoms with Crippen molar-refractivity contribution in [3.63, 3.8) is 0 Å². The number of anilines is 2. The van der Waals surface area contributed by atoms with Crippen molar-refractivity contribution in [2.75, 3.05) is 10.6 Å². The van der Waals surface area contributed by atoms with Crippen molar-refractivity contribution in [3.8, 4) is 5.88 Å². The number of carbonyl (C=O) groups is 1. The fourth-order valence-corrected chi connectivity index (χ4v) is 1.44. The van der Waals surface area contributed by atoms with Gasteiger partial charge in [0.1, 0.15) is 0 Å². The smallest absolute Gasteiger partial charge is 0.326 e. The maximum Gasteiger partial charge on any atom is 0.326 e. The molecule has 0 aliphatic heterocycles. The molecule has 0 aromatic carbocycles. The van der Waals surface area contributed by atoms with Gasteiger partial charge in [0.25, 0.3) is 0 Å². The van der Waals surface area contributed by atoms with Gasteiger partial charge in [-0.15, -0.1) is 10.2 Å². The minimum Gasteiger partial charge on any atom is -0.474 e. The minimum atomic E-state index is -0.435.